The number of nitrogens with one attached hydrogen (secondary N) is 1. The largest absolute Gasteiger partial charge is 0.337 e. The number of aryl methyl sites for hydroxylation is 2. The monoisotopic (exact) mass is 332 g/mol. The summed E-state index contributed by atoms with van der Waals surface area (Å²) in [6.07, 6.45) is 0. The molecule has 0 aliphatic rings. The molecule has 0 saturated carbocycles. The van der Waals surface area contributed by atoms with Crippen molar-refractivity contribution in [3.05, 3.63) is 28.3 Å². The third-order valence-electron chi connectivity index (χ3n) is 4.73. The van der Waals surface area contributed by atoms with Gasteiger partial charge in [-0.1, -0.05) is 19.9 Å². The smallest absolute Gasteiger partial charge is 0.234 e. The first-order valence-corrected chi connectivity index (χ1v) is 8.88. The van der Waals surface area contributed by atoms with E-state index in [9.17, 15) is 10.1 Å². The van der Waals surface area contributed by atoms with Crippen molar-refractivity contribution in [3.63, 3.8) is 0 Å². The minimum absolute atomic E-state index is 0.0540. The van der Waals surface area contributed by atoms with Gasteiger partial charge in [-0.3, -0.25) is 4.79 Å². The van der Waals surface area contributed by atoms with Gasteiger partial charge in [0.05, 0.1) is 11.3 Å². The van der Waals surface area contributed by atoms with Gasteiger partial charge in [0.25, 0.3) is 0 Å². The van der Waals surface area contributed by atoms with Crippen LogP contribution in [0.2, 0.25) is 0 Å². The van der Waals surface area contributed by atoms with E-state index in [1.54, 1.807) is 18.7 Å². The molecule has 2 unspecified atom stereocenters. The topological polar surface area (TPSA) is 52.9 Å². The Kier molecular flexibility index (Phi) is 6.30. The quantitative estimate of drug-likeness (QED) is 0.810. The van der Waals surface area contributed by atoms with Crippen LogP contribution in [0.5, 0.6) is 0 Å². The van der Waals surface area contributed by atoms with Crippen LogP contribution >= 0.6 is 11.8 Å². The number of hydrogen-bond donors (Lipinski definition) is 1. The number of nitrogens with zero attached hydrogens (tertiary/aromatic N) is 1. The molecular formula is C19H28N2OS. The van der Waals surface area contributed by atoms with Crippen LogP contribution in [0.4, 0.5) is 0 Å². The number of benzene rings is 1. The van der Waals surface area contributed by atoms with Crippen molar-refractivity contribution >= 4 is 17.7 Å². The average Bonchev–Trinajstić information content (AvgIpc) is 2.48. The van der Waals surface area contributed by atoms with Crippen LogP contribution in [-0.4, -0.2) is 16.7 Å². The zero-order valence-electron chi connectivity index (χ0n) is 15.5. The number of carbonyl (C=O) groups is 1. The molecule has 1 rings (SSSR count). The van der Waals surface area contributed by atoms with E-state index in [4.69, 9.17) is 0 Å². The minimum Gasteiger partial charge on any atom is -0.337 e. The lowest BCUT2D eigenvalue weighted by Gasteiger charge is -2.29. The fourth-order valence-corrected chi connectivity index (χ4v) is 3.44. The van der Waals surface area contributed by atoms with Gasteiger partial charge < -0.3 is 5.32 Å². The maximum atomic E-state index is 12.5. The van der Waals surface area contributed by atoms with Crippen molar-refractivity contribution in [1.82, 2.24) is 5.32 Å². The van der Waals surface area contributed by atoms with E-state index in [-0.39, 0.29) is 17.1 Å². The van der Waals surface area contributed by atoms with Gasteiger partial charge in [0, 0.05) is 4.90 Å². The predicted molar refractivity (Wildman–Crippen MR) is 97.7 cm³/mol. The van der Waals surface area contributed by atoms with Gasteiger partial charge in [0.2, 0.25) is 5.91 Å². The van der Waals surface area contributed by atoms with Crippen LogP contribution in [0.1, 0.15) is 49.9 Å². The highest BCUT2D eigenvalue weighted by molar-refractivity contribution is 8.00. The molecule has 0 radical (unpaired) electrons. The molecule has 1 amide bonds. The Labute approximate surface area is 144 Å². The van der Waals surface area contributed by atoms with Crippen molar-refractivity contribution in [2.45, 2.75) is 71.1 Å². The fourth-order valence-electron chi connectivity index (χ4n) is 2.25. The first-order valence-electron chi connectivity index (χ1n) is 8.00. The van der Waals surface area contributed by atoms with Crippen molar-refractivity contribution in [1.29, 1.82) is 5.26 Å². The van der Waals surface area contributed by atoms with E-state index in [1.165, 1.54) is 27.1 Å². The minimum atomic E-state index is -0.835. The normalized spacial score (nSPS) is 15.0. The molecular weight excluding hydrogens is 304 g/mol. The molecule has 23 heavy (non-hydrogen) atoms. The maximum absolute atomic E-state index is 12.5. The number of hydrogen-bond acceptors (Lipinski definition) is 3. The average molecular weight is 333 g/mol. The zero-order valence-corrected chi connectivity index (χ0v) is 16.3. The second-order valence-corrected chi connectivity index (χ2v) is 8.16. The SMILES string of the molecule is Cc1cc(C)c(C)c(SC(C)C(=O)NC(C)(C#N)C(C)C)c1C. The summed E-state index contributed by atoms with van der Waals surface area (Å²) in [7, 11) is 0. The molecule has 0 aliphatic heterocycles. The molecule has 2 atom stereocenters. The zero-order chi connectivity index (χ0) is 17.9. The number of nitriles is 1. The molecule has 0 aromatic heterocycles. The maximum Gasteiger partial charge on any atom is 0.234 e. The Morgan fingerprint density at radius 1 is 1.17 bits per heavy atom. The van der Waals surface area contributed by atoms with E-state index in [0.29, 0.717) is 0 Å². The number of thioether (sulfide) groups is 1. The van der Waals surface area contributed by atoms with E-state index in [2.05, 4.69) is 45.1 Å². The van der Waals surface area contributed by atoms with Crippen LogP contribution in [0.15, 0.2) is 11.0 Å². The molecule has 0 bridgehead atoms. The fraction of sp³-hybridized carbons (Fsp3) is 0.579. The second-order valence-electron chi connectivity index (χ2n) is 6.81. The van der Waals surface area contributed by atoms with E-state index < -0.39 is 5.54 Å². The number of carbonyl (C=O) groups excluding carboxylic acids is 1. The summed E-state index contributed by atoms with van der Waals surface area (Å²) in [4.78, 5) is 13.7. The van der Waals surface area contributed by atoms with Crippen LogP contribution in [0.25, 0.3) is 0 Å². The summed E-state index contributed by atoms with van der Waals surface area (Å²) in [6, 6.07) is 4.41. The highest BCUT2D eigenvalue weighted by Gasteiger charge is 2.32. The Balaban J connectivity index is 2.99. The number of rotatable bonds is 5. The molecule has 0 heterocycles. The van der Waals surface area contributed by atoms with Crippen LogP contribution in [0.3, 0.4) is 0 Å². The summed E-state index contributed by atoms with van der Waals surface area (Å²) < 4.78 is 0. The molecule has 1 aromatic carbocycles. The summed E-state index contributed by atoms with van der Waals surface area (Å²) >= 11 is 1.57. The van der Waals surface area contributed by atoms with Crippen LogP contribution in [-0.2, 0) is 4.79 Å². The summed E-state index contributed by atoms with van der Waals surface area (Å²) in [5, 5.41) is 12.0. The summed E-state index contributed by atoms with van der Waals surface area (Å²) in [6.45, 7) is 16.0. The molecule has 1 N–H and O–H groups in total. The lowest BCUT2D eigenvalue weighted by atomic mass is 9.90. The molecule has 1 aromatic rings. The first kappa shape index (κ1) is 19.6. The van der Waals surface area contributed by atoms with Gasteiger partial charge in [-0.05, 0) is 69.7 Å². The van der Waals surface area contributed by atoms with Gasteiger partial charge in [-0.2, -0.15) is 5.26 Å². The lowest BCUT2D eigenvalue weighted by Crippen LogP contribution is -2.51. The summed E-state index contributed by atoms with van der Waals surface area (Å²) in [5.74, 6) is -0.0379. The molecule has 0 spiro atoms. The molecule has 0 aliphatic carbocycles. The lowest BCUT2D eigenvalue weighted by molar-refractivity contribution is -0.121. The standard InChI is InChI=1S/C19H28N2OS/c1-11(2)19(8,10-20)21-18(22)16(7)23-17-14(5)12(3)9-13(4)15(17)6/h9,11,16H,1-8H3,(H,21,22). The van der Waals surface area contributed by atoms with Crippen LogP contribution in [0, 0.1) is 44.9 Å². The third-order valence-corrected chi connectivity index (χ3v) is 6.15. The van der Waals surface area contributed by atoms with Gasteiger partial charge in [-0.15, -0.1) is 11.8 Å². The molecule has 126 valence electrons. The van der Waals surface area contributed by atoms with Gasteiger partial charge in [0.1, 0.15) is 5.54 Å². The molecule has 0 saturated heterocycles. The molecule has 0 fully saturated rings. The van der Waals surface area contributed by atoms with Crippen molar-refractivity contribution in [3.8, 4) is 6.07 Å². The van der Waals surface area contributed by atoms with Gasteiger partial charge >= 0.3 is 0 Å². The number of amides is 1. The Hall–Kier alpha value is -1.47. The second kappa shape index (κ2) is 7.40. The van der Waals surface area contributed by atoms with Crippen molar-refractivity contribution < 1.29 is 4.79 Å². The van der Waals surface area contributed by atoms with Crippen molar-refractivity contribution in [2.75, 3.05) is 0 Å². The summed E-state index contributed by atoms with van der Waals surface area (Å²) in [5.41, 5.74) is 4.10. The van der Waals surface area contributed by atoms with E-state index >= 15 is 0 Å². The first-order chi connectivity index (χ1) is 10.5. The molecule has 3 nitrogen and oxygen atoms in total. The third kappa shape index (κ3) is 4.29. The Bertz CT molecular complexity index is 620. The van der Waals surface area contributed by atoms with Gasteiger partial charge in [0.15, 0.2) is 0 Å². The predicted octanol–water partition coefficient (Wildman–Crippen LogP) is 4.46. The van der Waals surface area contributed by atoms with E-state index in [0.717, 1.165) is 0 Å². The highest BCUT2D eigenvalue weighted by Crippen LogP contribution is 2.34. The van der Waals surface area contributed by atoms with Gasteiger partial charge in [-0.25, -0.2) is 0 Å². The highest BCUT2D eigenvalue weighted by atomic mass is 32.2. The molecule has 4 heteroatoms. The Morgan fingerprint density at radius 2 is 1.65 bits per heavy atom. The van der Waals surface area contributed by atoms with E-state index in [1.807, 2.05) is 20.8 Å². The van der Waals surface area contributed by atoms with Crippen molar-refractivity contribution in [2.24, 2.45) is 5.92 Å². The Morgan fingerprint density at radius 3 is 2.04 bits per heavy atom. The van der Waals surface area contributed by atoms with Crippen LogP contribution < -0.4 is 5.32 Å².